The molecule has 326 valence electrons. The van der Waals surface area contributed by atoms with Crippen LogP contribution in [-0.4, -0.2) is 146 Å². The standard InChI is InChI=1S/C35H55N7O16/c1-7-8-20(30(53)34(57)36-15-27(51)52)38-23(44)16-42(14-13-26(49)50)35(58)29(18(4)5)41-33(56)28(17(2)3)40-32(55)22(10-12-25(47)48)39-31(54)21(37-19(6)43)9-11-24(45)46/h17-18,20-22,28-29H,7-16H2,1-6H3,(H,36,57)(H,37,43)(H,38,44)(H,39,54)(H,40,55)(H,41,56)(H,45,46)(H,47,48)(H,49,50)(H,51,52). The number of carboxylic acid groups (broad SMARTS) is 4. The Kier molecular flexibility index (Phi) is 23.1. The molecule has 0 aromatic heterocycles. The van der Waals surface area contributed by atoms with Crippen LogP contribution in [0.2, 0.25) is 0 Å². The molecule has 23 heteroatoms. The fraction of sp³-hybridized carbons (Fsp3) is 0.657. The molecule has 0 aliphatic rings. The number of carbonyl (C=O) groups is 12. The monoisotopic (exact) mass is 829 g/mol. The van der Waals surface area contributed by atoms with Gasteiger partial charge in [-0.1, -0.05) is 41.0 Å². The van der Waals surface area contributed by atoms with Crippen LogP contribution in [0.15, 0.2) is 0 Å². The predicted octanol–water partition coefficient (Wildman–Crippen LogP) is -2.65. The van der Waals surface area contributed by atoms with Gasteiger partial charge in [-0.15, -0.1) is 0 Å². The summed E-state index contributed by atoms with van der Waals surface area (Å²) in [5, 5.41) is 50.1. The van der Waals surface area contributed by atoms with Crippen LogP contribution in [0.1, 0.15) is 86.5 Å². The summed E-state index contributed by atoms with van der Waals surface area (Å²) in [4.78, 5) is 149. The van der Waals surface area contributed by atoms with E-state index in [1.807, 2.05) is 5.32 Å². The molecule has 10 N–H and O–H groups in total. The molecule has 0 aliphatic heterocycles. The third kappa shape index (κ3) is 20.1. The molecule has 5 unspecified atom stereocenters. The minimum Gasteiger partial charge on any atom is -0.481 e. The van der Waals surface area contributed by atoms with Gasteiger partial charge in [-0.2, -0.15) is 0 Å². The first kappa shape index (κ1) is 51.8. The van der Waals surface area contributed by atoms with E-state index in [1.54, 1.807) is 6.92 Å². The summed E-state index contributed by atoms with van der Waals surface area (Å²) < 4.78 is 0. The molecule has 0 heterocycles. The second-order valence-electron chi connectivity index (χ2n) is 13.9. The fourth-order valence-electron chi connectivity index (χ4n) is 5.20. The van der Waals surface area contributed by atoms with Gasteiger partial charge in [0.05, 0.1) is 19.0 Å². The Bertz CT molecular complexity index is 1550. The number of carbonyl (C=O) groups excluding carboxylic acids is 8. The van der Waals surface area contributed by atoms with Crippen molar-refractivity contribution in [3.63, 3.8) is 0 Å². The zero-order valence-electron chi connectivity index (χ0n) is 33.2. The van der Waals surface area contributed by atoms with Crippen LogP contribution in [0.4, 0.5) is 0 Å². The van der Waals surface area contributed by atoms with Crippen molar-refractivity contribution in [2.24, 2.45) is 11.8 Å². The lowest BCUT2D eigenvalue weighted by Crippen LogP contribution is -2.60. The Hall–Kier alpha value is -6.16. The Morgan fingerprint density at radius 3 is 1.48 bits per heavy atom. The molecule has 0 rings (SSSR count). The first-order valence-corrected chi connectivity index (χ1v) is 18.4. The van der Waals surface area contributed by atoms with E-state index < -0.39 is 158 Å². The Balaban J connectivity index is 6.35. The van der Waals surface area contributed by atoms with Crippen LogP contribution < -0.4 is 31.9 Å². The molecule has 5 atom stereocenters. The minimum atomic E-state index is -1.60. The lowest BCUT2D eigenvalue weighted by atomic mass is 9.98. The summed E-state index contributed by atoms with van der Waals surface area (Å²) in [5.74, 6) is -14.9. The summed E-state index contributed by atoms with van der Waals surface area (Å²) in [5.41, 5.74) is 0. The maximum absolute atomic E-state index is 13.9. The zero-order valence-corrected chi connectivity index (χ0v) is 33.2. The third-order valence-electron chi connectivity index (χ3n) is 8.19. The molecule has 0 aliphatic carbocycles. The molecule has 0 saturated heterocycles. The van der Waals surface area contributed by atoms with Crippen LogP contribution in [0.25, 0.3) is 0 Å². The number of Topliss-reactive ketones (excluding diaryl/α,β-unsaturated/α-hetero) is 1. The van der Waals surface area contributed by atoms with Crippen LogP contribution in [-0.2, 0) is 57.5 Å². The van der Waals surface area contributed by atoms with Crippen LogP contribution in [0, 0.1) is 11.8 Å². The fourth-order valence-corrected chi connectivity index (χ4v) is 5.20. The number of rotatable bonds is 28. The second-order valence-corrected chi connectivity index (χ2v) is 13.9. The minimum absolute atomic E-state index is 0.0530. The average Bonchev–Trinajstić information content (AvgIpc) is 3.11. The smallest absolute Gasteiger partial charge is 0.322 e. The highest BCUT2D eigenvalue weighted by Gasteiger charge is 2.36. The molecule has 0 aromatic rings. The average molecular weight is 830 g/mol. The second kappa shape index (κ2) is 25.9. The van der Waals surface area contributed by atoms with Gasteiger partial charge in [0.2, 0.25) is 41.2 Å². The van der Waals surface area contributed by atoms with E-state index in [4.69, 9.17) is 10.2 Å². The van der Waals surface area contributed by atoms with E-state index in [0.29, 0.717) is 0 Å². The highest BCUT2D eigenvalue weighted by molar-refractivity contribution is 6.38. The normalized spacial score (nSPS) is 13.4. The van der Waals surface area contributed by atoms with Crippen LogP contribution in [0.5, 0.6) is 0 Å². The summed E-state index contributed by atoms with van der Waals surface area (Å²) in [6.07, 6.45) is -2.45. The van der Waals surface area contributed by atoms with Crippen molar-refractivity contribution in [3.8, 4) is 0 Å². The molecular formula is C35H55N7O16. The van der Waals surface area contributed by atoms with Crippen LogP contribution >= 0.6 is 0 Å². The lowest BCUT2D eigenvalue weighted by Gasteiger charge is -2.32. The molecule has 0 bridgehead atoms. The molecule has 23 nitrogen and oxygen atoms in total. The van der Waals surface area contributed by atoms with E-state index in [-0.39, 0.29) is 19.3 Å². The van der Waals surface area contributed by atoms with E-state index in [2.05, 4.69) is 26.6 Å². The molecule has 0 saturated carbocycles. The molecular weight excluding hydrogens is 774 g/mol. The topological polar surface area (TPSA) is 361 Å². The Morgan fingerprint density at radius 1 is 0.552 bits per heavy atom. The van der Waals surface area contributed by atoms with E-state index in [0.717, 1.165) is 11.8 Å². The highest BCUT2D eigenvalue weighted by Crippen LogP contribution is 2.12. The van der Waals surface area contributed by atoms with Crippen molar-refractivity contribution in [2.75, 3.05) is 19.6 Å². The van der Waals surface area contributed by atoms with Crippen molar-refractivity contribution in [1.82, 2.24) is 36.8 Å². The molecule has 0 radical (unpaired) electrons. The quantitative estimate of drug-likeness (QED) is 0.0360. The highest BCUT2D eigenvalue weighted by atomic mass is 16.4. The largest absolute Gasteiger partial charge is 0.481 e. The van der Waals surface area contributed by atoms with Gasteiger partial charge in [-0.3, -0.25) is 57.5 Å². The van der Waals surface area contributed by atoms with Crippen molar-refractivity contribution in [3.05, 3.63) is 0 Å². The third-order valence-corrected chi connectivity index (χ3v) is 8.19. The van der Waals surface area contributed by atoms with Gasteiger partial charge in [0.1, 0.15) is 30.7 Å². The number of aliphatic carboxylic acids is 4. The lowest BCUT2D eigenvalue weighted by molar-refractivity contribution is -0.144. The molecule has 0 fully saturated rings. The van der Waals surface area contributed by atoms with Crippen molar-refractivity contribution < 1.29 is 78.0 Å². The first-order chi connectivity index (χ1) is 26.9. The van der Waals surface area contributed by atoms with Crippen LogP contribution in [0.3, 0.4) is 0 Å². The van der Waals surface area contributed by atoms with Gasteiger partial charge in [0.15, 0.2) is 0 Å². The van der Waals surface area contributed by atoms with Crippen molar-refractivity contribution in [2.45, 2.75) is 117 Å². The maximum Gasteiger partial charge on any atom is 0.322 e. The van der Waals surface area contributed by atoms with Crippen molar-refractivity contribution >= 4 is 71.0 Å². The number of carboxylic acids is 4. The van der Waals surface area contributed by atoms with Gasteiger partial charge in [0.25, 0.3) is 5.91 Å². The Labute approximate surface area is 333 Å². The predicted molar refractivity (Wildman–Crippen MR) is 198 cm³/mol. The summed E-state index contributed by atoms with van der Waals surface area (Å²) in [7, 11) is 0. The number of hydrogen-bond donors (Lipinski definition) is 10. The van der Waals surface area contributed by atoms with Crippen molar-refractivity contribution in [1.29, 1.82) is 0 Å². The summed E-state index contributed by atoms with van der Waals surface area (Å²) in [6.45, 7) is 6.51. The number of ketones is 1. The zero-order chi connectivity index (χ0) is 44.9. The molecule has 0 spiro atoms. The number of nitrogens with zero attached hydrogens (tertiary/aromatic N) is 1. The van der Waals surface area contributed by atoms with Gasteiger partial charge in [-0.25, -0.2) is 0 Å². The number of hydrogen-bond acceptors (Lipinski definition) is 12. The summed E-state index contributed by atoms with van der Waals surface area (Å²) >= 11 is 0. The first-order valence-electron chi connectivity index (χ1n) is 18.4. The maximum atomic E-state index is 13.9. The molecule has 7 amide bonds. The van der Waals surface area contributed by atoms with Gasteiger partial charge < -0.3 is 57.2 Å². The van der Waals surface area contributed by atoms with E-state index >= 15 is 0 Å². The van der Waals surface area contributed by atoms with Gasteiger partial charge >= 0.3 is 23.9 Å². The molecule has 0 aromatic carbocycles. The SMILES string of the molecule is CCCC(NC(=O)CN(CCC(=O)O)C(=O)C(NC(=O)C(NC(=O)C(CCC(=O)O)NC(=O)C(CCC(=O)O)NC(C)=O)C(C)C)C(C)C)C(=O)C(=O)NCC(=O)O. The van der Waals surface area contributed by atoms with E-state index in [1.165, 1.54) is 27.7 Å². The van der Waals surface area contributed by atoms with Gasteiger partial charge in [-0.05, 0) is 31.1 Å². The van der Waals surface area contributed by atoms with Gasteiger partial charge in [0, 0.05) is 26.3 Å². The number of amides is 7. The number of nitrogens with one attached hydrogen (secondary N) is 6. The summed E-state index contributed by atoms with van der Waals surface area (Å²) in [6, 6.07) is -7.32. The van der Waals surface area contributed by atoms with E-state index in [9.17, 15) is 67.7 Å². The Morgan fingerprint density at radius 2 is 1.03 bits per heavy atom. The molecule has 58 heavy (non-hydrogen) atoms.